The lowest BCUT2D eigenvalue weighted by Gasteiger charge is -2.09. The number of aromatic amines is 1. The first-order valence-corrected chi connectivity index (χ1v) is 5.43. The standard InChI is InChI=1S/C11H14N2O4/c1-6-5-7(9(12-6)11(15)16)13-10(14)8-3-2-4-17-8/h5,8,12H,2-4H2,1H3,(H,13,14)(H,15,16). The molecule has 17 heavy (non-hydrogen) atoms. The van der Waals surface area contributed by atoms with Gasteiger partial charge in [0.1, 0.15) is 11.8 Å². The first kappa shape index (κ1) is 11.7. The van der Waals surface area contributed by atoms with E-state index in [1.807, 2.05) is 0 Å². The number of aromatic nitrogens is 1. The van der Waals surface area contributed by atoms with Crippen molar-refractivity contribution in [3.8, 4) is 0 Å². The molecule has 1 unspecified atom stereocenters. The first-order chi connectivity index (χ1) is 8.08. The third-order valence-corrected chi connectivity index (χ3v) is 2.65. The van der Waals surface area contributed by atoms with Gasteiger partial charge in [0.05, 0.1) is 5.69 Å². The third kappa shape index (κ3) is 2.47. The molecule has 92 valence electrons. The highest BCUT2D eigenvalue weighted by Crippen LogP contribution is 2.19. The van der Waals surface area contributed by atoms with Gasteiger partial charge < -0.3 is 20.1 Å². The van der Waals surface area contributed by atoms with Gasteiger partial charge in [0, 0.05) is 12.3 Å². The Morgan fingerprint density at radius 3 is 2.94 bits per heavy atom. The zero-order valence-corrected chi connectivity index (χ0v) is 9.45. The monoisotopic (exact) mass is 238 g/mol. The number of amides is 1. The predicted octanol–water partition coefficient (Wildman–Crippen LogP) is 1.14. The van der Waals surface area contributed by atoms with Crippen LogP contribution in [0.2, 0.25) is 0 Å². The summed E-state index contributed by atoms with van der Waals surface area (Å²) in [6.45, 7) is 2.31. The Morgan fingerprint density at radius 2 is 2.35 bits per heavy atom. The van der Waals surface area contributed by atoms with E-state index in [0.717, 1.165) is 6.42 Å². The summed E-state index contributed by atoms with van der Waals surface area (Å²) in [5.41, 5.74) is 0.967. The normalized spacial score (nSPS) is 19.2. The maximum Gasteiger partial charge on any atom is 0.354 e. The van der Waals surface area contributed by atoms with Crippen LogP contribution in [0.25, 0.3) is 0 Å². The average molecular weight is 238 g/mol. The first-order valence-electron chi connectivity index (χ1n) is 5.43. The number of carbonyl (C=O) groups is 2. The highest BCUT2D eigenvalue weighted by atomic mass is 16.5. The highest BCUT2D eigenvalue weighted by molar-refractivity contribution is 6.01. The Kier molecular flexibility index (Phi) is 3.14. The minimum Gasteiger partial charge on any atom is -0.477 e. The van der Waals surface area contributed by atoms with E-state index in [-0.39, 0.29) is 17.3 Å². The zero-order chi connectivity index (χ0) is 12.4. The molecule has 3 N–H and O–H groups in total. The molecule has 1 saturated heterocycles. The largest absolute Gasteiger partial charge is 0.477 e. The Labute approximate surface area is 98.0 Å². The second-order valence-electron chi connectivity index (χ2n) is 4.04. The lowest BCUT2D eigenvalue weighted by molar-refractivity contribution is -0.124. The number of ether oxygens (including phenoxy) is 1. The fourth-order valence-electron chi connectivity index (χ4n) is 1.85. The average Bonchev–Trinajstić information content (AvgIpc) is 2.86. The summed E-state index contributed by atoms with van der Waals surface area (Å²) in [6.07, 6.45) is 1.07. The fourth-order valence-corrected chi connectivity index (χ4v) is 1.85. The second kappa shape index (κ2) is 4.58. The molecule has 1 aliphatic heterocycles. The van der Waals surface area contributed by atoms with Crippen LogP contribution in [0.1, 0.15) is 29.0 Å². The van der Waals surface area contributed by atoms with Crippen LogP contribution in [0.15, 0.2) is 6.07 Å². The third-order valence-electron chi connectivity index (χ3n) is 2.65. The molecule has 2 heterocycles. The number of anilines is 1. The number of carboxylic acid groups (broad SMARTS) is 1. The summed E-state index contributed by atoms with van der Waals surface area (Å²) in [7, 11) is 0. The van der Waals surface area contributed by atoms with E-state index in [0.29, 0.717) is 18.7 Å². The molecular formula is C11H14N2O4. The van der Waals surface area contributed by atoms with Crippen LogP contribution < -0.4 is 5.32 Å². The van der Waals surface area contributed by atoms with Crippen LogP contribution in [-0.4, -0.2) is 34.7 Å². The summed E-state index contributed by atoms with van der Waals surface area (Å²) in [4.78, 5) is 25.4. The summed E-state index contributed by atoms with van der Waals surface area (Å²) in [5.74, 6) is -1.38. The molecule has 1 fully saturated rings. The molecule has 6 nitrogen and oxygen atoms in total. The van der Waals surface area contributed by atoms with Crippen LogP contribution in [0, 0.1) is 6.92 Å². The van der Waals surface area contributed by atoms with E-state index >= 15 is 0 Å². The van der Waals surface area contributed by atoms with Gasteiger partial charge in [-0.05, 0) is 25.8 Å². The summed E-state index contributed by atoms with van der Waals surface area (Å²) >= 11 is 0. The second-order valence-corrected chi connectivity index (χ2v) is 4.04. The molecule has 0 radical (unpaired) electrons. The lowest BCUT2D eigenvalue weighted by Crippen LogP contribution is -2.27. The van der Waals surface area contributed by atoms with Crippen molar-refractivity contribution in [3.63, 3.8) is 0 Å². The van der Waals surface area contributed by atoms with Crippen molar-refractivity contribution in [3.05, 3.63) is 17.5 Å². The molecule has 6 heteroatoms. The number of carbonyl (C=O) groups excluding carboxylic acids is 1. The number of carboxylic acids is 1. The highest BCUT2D eigenvalue weighted by Gasteiger charge is 2.25. The van der Waals surface area contributed by atoms with Gasteiger partial charge >= 0.3 is 5.97 Å². The fraction of sp³-hybridized carbons (Fsp3) is 0.455. The Morgan fingerprint density at radius 1 is 1.59 bits per heavy atom. The molecule has 0 bridgehead atoms. The molecule has 0 spiro atoms. The maximum absolute atomic E-state index is 11.8. The number of hydrogen-bond acceptors (Lipinski definition) is 3. The van der Waals surface area contributed by atoms with E-state index in [1.54, 1.807) is 13.0 Å². The van der Waals surface area contributed by atoms with E-state index < -0.39 is 12.1 Å². The van der Waals surface area contributed by atoms with Crippen LogP contribution in [0.3, 0.4) is 0 Å². The van der Waals surface area contributed by atoms with Gasteiger partial charge in [0.15, 0.2) is 0 Å². The van der Waals surface area contributed by atoms with Gasteiger partial charge in [-0.15, -0.1) is 0 Å². The van der Waals surface area contributed by atoms with Crippen molar-refractivity contribution in [2.75, 3.05) is 11.9 Å². The van der Waals surface area contributed by atoms with Crippen molar-refractivity contribution in [2.24, 2.45) is 0 Å². The van der Waals surface area contributed by atoms with Crippen LogP contribution in [0.5, 0.6) is 0 Å². The van der Waals surface area contributed by atoms with Crippen molar-refractivity contribution >= 4 is 17.6 Å². The van der Waals surface area contributed by atoms with Crippen molar-refractivity contribution in [1.29, 1.82) is 0 Å². The topological polar surface area (TPSA) is 91.4 Å². The van der Waals surface area contributed by atoms with Gasteiger partial charge in [-0.25, -0.2) is 4.79 Å². The van der Waals surface area contributed by atoms with E-state index in [9.17, 15) is 9.59 Å². The number of nitrogens with one attached hydrogen (secondary N) is 2. The molecule has 0 aliphatic carbocycles. The number of H-pyrrole nitrogens is 1. The summed E-state index contributed by atoms with van der Waals surface area (Å²) in [6, 6.07) is 1.59. The number of aryl methyl sites for hydroxylation is 1. The van der Waals surface area contributed by atoms with Crippen LogP contribution >= 0.6 is 0 Å². The van der Waals surface area contributed by atoms with Gasteiger partial charge in [-0.3, -0.25) is 4.79 Å². The quantitative estimate of drug-likeness (QED) is 0.736. The molecule has 1 aromatic rings. The molecule has 1 aliphatic rings. The summed E-state index contributed by atoms with van der Waals surface area (Å²) < 4.78 is 5.22. The molecular weight excluding hydrogens is 224 g/mol. The Balaban J connectivity index is 2.12. The molecule has 0 saturated carbocycles. The number of aromatic carboxylic acids is 1. The molecule has 0 aromatic carbocycles. The van der Waals surface area contributed by atoms with Crippen LogP contribution in [-0.2, 0) is 9.53 Å². The van der Waals surface area contributed by atoms with Gasteiger partial charge in [-0.1, -0.05) is 0 Å². The van der Waals surface area contributed by atoms with E-state index in [2.05, 4.69) is 10.3 Å². The maximum atomic E-state index is 11.8. The van der Waals surface area contributed by atoms with Gasteiger partial charge in [0.25, 0.3) is 5.91 Å². The summed E-state index contributed by atoms with van der Waals surface area (Å²) in [5, 5.41) is 11.5. The van der Waals surface area contributed by atoms with Crippen molar-refractivity contribution < 1.29 is 19.4 Å². The minimum atomic E-state index is -1.10. The van der Waals surface area contributed by atoms with E-state index in [4.69, 9.17) is 9.84 Å². The van der Waals surface area contributed by atoms with Gasteiger partial charge in [-0.2, -0.15) is 0 Å². The van der Waals surface area contributed by atoms with Crippen molar-refractivity contribution in [1.82, 2.24) is 4.98 Å². The predicted molar refractivity (Wildman–Crippen MR) is 60.1 cm³/mol. The molecule has 1 aromatic heterocycles. The number of hydrogen-bond donors (Lipinski definition) is 3. The zero-order valence-electron chi connectivity index (χ0n) is 9.45. The SMILES string of the molecule is Cc1cc(NC(=O)C2CCCO2)c(C(=O)O)[nH]1. The molecule has 1 atom stereocenters. The minimum absolute atomic E-state index is 0.00570. The number of rotatable bonds is 3. The van der Waals surface area contributed by atoms with Crippen LogP contribution in [0.4, 0.5) is 5.69 Å². The lowest BCUT2D eigenvalue weighted by atomic mass is 10.2. The molecule has 2 rings (SSSR count). The molecule has 1 amide bonds. The van der Waals surface area contributed by atoms with E-state index in [1.165, 1.54) is 0 Å². The van der Waals surface area contributed by atoms with Crippen molar-refractivity contribution in [2.45, 2.75) is 25.9 Å². The Hall–Kier alpha value is -1.82. The van der Waals surface area contributed by atoms with Gasteiger partial charge in [0.2, 0.25) is 0 Å². The Bertz CT molecular complexity index is 446. The smallest absolute Gasteiger partial charge is 0.354 e.